The minimum Gasteiger partial charge on any atom is -0.452 e. The Morgan fingerprint density at radius 1 is 0.909 bits per heavy atom. The average Bonchev–Trinajstić information content (AvgIpc) is 3.49. The summed E-state index contributed by atoms with van der Waals surface area (Å²) < 4.78 is 38.2. The van der Waals surface area contributed by atoms with Gasteiger partial charge >= 0.3 is 5.69 Å². The van der Waals surface area contributed by atoms with Gasteiger partial charge in [0, 0.05) is 36.8 Å². The number of rotatable bonds is 8. The van der Waals surface area contributed by atoms with Gasteiger partial charge in [0.2, 0.25) is 0 Å². The number of amides is 1. The minimum atomic E-state index is -0.909. The molecule has 0 aliphatic rings. The van der Waals surface area contributed by atoms with Crippen molar-refractivity contribution in [2.75, 3.05) is 10.6 Å². The maximum Gasteiger partial charge on any atom is 0.335 e. The van der Waals surface area contributed by atoms with Crippen LogP contribution in [-0.4, -0.2) is 29.6 Å². The van der Waals surface area contributed by atoms with E-state index in [0.29, 0.717) is 22.8 Å². The topological polar surface area (TPSA) is 125 Å². The fourth-order valence-corrected chi connectivity index (χ4v) is 4.51. The van der Waals surface area contributed by atoms with Gasteiger partial charge in [0.15, 0.2) is 17.3 Å². The minimum absolute atomic E-state index is 0.0434. The van der Waals surface area contributed by atoms with Crippen LogP contribution in [0.3, 0.4) is 0 Å². The van der Waals surface area contributed by atoms with Gasteiger partial charge in [-0.15, -0.1) is 0 Å². The van der Waals surface area contributed by atoms with Gasteiger partial charge in [-0.05, 0) is 61.5 Å². The molecule has 0 fully saturated rings. The normalized spacial score (nSPS) is 11.0. The molecular formula is C31H23F2N7O4. The van der Waals surface area contributed by atoms with E-state index in [1.54, 1.807) is 54.3 Å². The summed E-state index contributed by atoms with van der Waals surface area (Å²) in [5.74, 6) is -1.43. The molecule has 220 valence electrons. The summed E-state index contributed by atoms with van der Waals surface area (Å²) >= 11 is 0. The molecule has 13 heteroatoms. The van der Waals surface area contributed by atoms with Gasteiger partial charge in [-0.1, -0.05) is 6.07 Å². The van der Waals surface area contributed by atoms with Gasteiger partial charge in [0.05, 0.1) is 23.8 Å². The largest absolute Gasteiger partial charge is 0.452 e. The summed E-state index contributed by atoms with van der Waals surface area (Å²) in [6, 6.07) is 17.3. The fourth-order valence-electron chi connectivity index (χ4n) is 4.51. The van der Waals surface area contributed by atoms with Crippen LogP contribution in [0.2, 0.25) is 0 Å². The van der Waals surface area contributed by atoms with E-state index in [2.05, 4.69) is 20.7 Å². The summed E-state index contributed by atoms with van der Waals surface area (Å²) in [5, 5.41) is 9.89. The highest BCUT2D eigenvalue weighted by Gasteiger charge is 2.19. The van der Waals surface area contributed by atoms with Crippen LogP contribution in [0.25, 0.3) is 11.2 Å². The smallest absolute Gasteiger partial charge is 0.335 e. The van der Waals surface area contributed by atoms with Crippen molar-refractivity contribution in [1.29, 1.82) is 0 Å². The lowest BCUT2D eigenvalue weighted by atomic mass is 10.2. The van der Waals surface area contributed by atoms with E-state index in [-0.39, 0.29) is 29.2 Å². The molecule has 44 heavy (non-hydrogen) atoms. The Hall–Kier alpha value is -6.11. The molecular weight excluding hydrogens is 572 g/mol. The second-order valence-corrected chi connectivity index (χ2v) is 9.52. The SMILES string of the molecule is CCn1cc(C(=O)Nc2ccc(Oc3cc(Nc4ccccn4)cn4nccc34)c(F)c2)c(=O)n(-c2ccc(F)cc2)c1=O. The van der Waals surface area contributed by atoms with Crippen LogP contribution in [-0.2, 0) is 6.54 Å². The van der Waals surface area contributed by atoms with Crippen molar-refractivity contribution in [1.82, 2.24) is 23.7 Å². The van der Waals surface area contributed by atoms with E-state index in [1.807, 2.05) is 6.07 Å². The number of nitrogens with zero attached hydrogens (tertiary/aromatic N) is 5. The summed E-state index contributed by atoms with van der Waals surface area (Å²) in [7, 11) is 0. The third-order valence-corrected chi connectivity index (χ3v) is 6.64. The Labute approximate surface area is 247 Å². The lowest BCUT2D eigenvalue weighted by Gasteiger charge is -2.14. The first-order valence-electron chi connectivity index (χ1n) is 13.4. The van der Waals surface area contributed by atoms with Crippen LogP contribution >= 0.6 is 0 Å². The molecule has 0 aliphatic heterocycles. The molecule has 0 bridgehead atoms. The van der Waals surface area contributed by atoms with Crippen molar-refractivity contribution < 1.29 is 18.3 Å². The number of carbonyl (C=O) groups is 1. The zero-order valence-corrected chi connectivity index (χ0v) is 23.1. The standard InChI is InChI=1S/C31H23F2N7O4/c1-2-38-18-23(30(42)40(31(38)43)22-9-6-19(32)7-10-22)29(41)37-20-8-11-26(24(33)15-20)44-27-16-21(17-39-25(27)12-14-35-39)36-28-5-3-4-13-34-28/h3-18H,2H2,1H3,(H,34,36)(H,37,41). The predicted octanol–water partition coefficient (Wildman–Crippen LogP) is 5.13. The molecule has 1 amide bonds. The molecule has 0 atom stereocenters. The van der Waals surface area contributed by atoms with Crippen molar-refractivity contribution in [3.8, 4) is 17.2 Å². The van der Waals surface area contributed by atoms with E-state index in [4.69, 9.17) is 4.74 Å². The summed E-state index contributed by atoms with van der Waals surface area (Å²) in [6.45, 7) is 1.82. The summed E-state index contributed by atoms with van der Waals surface area (Å²) in [5.41, 5.74) is -0.653. The number of benzene rings is 2. The Kier molecular flexibility index (Phi) is 7.42. The molecule has 0 radical (unpaired) electrons. The Bertz CT molecular complexity index is 2120. The predicted molar refractivity (Wildman–Crippen MR) is 159 cm³/mol. The summed E-state index contributed by atoms with van der Waals surface area (Å²) in [6.07, 6.45) is 6.09. The van der Waals surface area contributed by atoms with Crippen molar-refractivity contribution in [2.24, 2.45) is 0 Å². The molecule has 0 aliphatic carbocycles. The summed E-state index contributed by atoms with van der Waals surface area (Å²) in [4.78, 5) is 43.5. The fraction of sp³-hybridized carbons (Fsp3) is 0.0645. The molecule has 2 N–H and O–H groups in total. The van der Waals surface area contributed by atoms with Gasteiger partial charge < -0.3 is 15.4 Å². The van der Waals surface area contributed by atoms with Crippen LogP contribution in [0.5, 0.6) is 11.5 Å². The molecule has 6 rings (SSSR count). The molecule has 4 aromatic heterocycles. The van der Waals surface area contributed by atoms with Crippen molar-refractivity contribution in [3.05, 3.63) is 136 Å². The van der Waals surface area contributed by atoms with Crippen LogP contribution < -0.4 is 26.6 Å². The van der Waals surface area contributed by atoms with Gasteiger partial charge in [0.25, 0.3) is 11.5 Å². The number of nitrogens with one attached hydrogen (secondary N) is 2. The van der Waals surface area contributed by atoms with E-state index < -0.39 is 28.8 Å². The van der Waals surface area contributed by atoms with E-state index in [0.717, 1.165) is 29.0 Å². The number of pyridine rings is 2. The van der Waals surface area contributed by atoms with Gasteiger partial charge in [0.1, 0.15) is 22.7 Å². The number of fused-ring (bicyclic) bond motifs is 1. The zero-order chi connectivity index (χ0) is 30.8. The Balaban J connectivity index is 1.27. The first kappa shape index (κ1) is 28.0. The highest BCUT2D eigenvalue weighted by molar-refractivity contribution is 6.03. The van der Waals surface area contributed by atoms with Gasteiger partial charge in [-0.2, -0.15) is 5.10 Å². The number of anilines is 3. The lowest BCUT2D eigenvalue weighted by molar-refractivity contribution is 0.102. The quantitative estimate of drug-likeness (QED) is 0.250. The monoisotopic (exact) mass is 595 g/mol. The lowest BCUT2D eigenvalue weighted by Crippen LogP contribution is -2.42. The number of aryl methyl sites for hydroxylation is 1. The van der Waals surface area contributed by atoms with Crippen molar-refractivity contribution in [3.63, 3.8) is 0 Å². The molecule has 0 saturated heterocycles. The van der Waals surface area contributed by atoms with Crippen molar-refractivity contribution in [2.45, 2.75) is 13.5 Å². The van der Waals surface area contributed by atoms with Gasteiger partial charge in [-0.3, -0.25) is 14.2 Å². The number of hydrogen-bond donors (Lipinski definition) is 2. The number of ether oxygens (including phenoxy) is 1. The first-order valence-corrected chi connectivity index (χ1v) is 13.4. The van der Waals surface area contributed by atoms with E-state index in [9.17, 15) is 18.8 Å². The van der Waals surface area contributed by atoms with Gasteiger partial charge in [-0.25, -0.2) is 27.6 Å². The third kappa shape index (κ3) is 5.53. The molecule has 11 nitrogen and oxygen atoms in total. The van der Waals surface area contributed by atoms with Crippen LogP contribution in [0.1, 0.15) is 17.3 Å². The molecule has 0 unspecified atom stereocenters. The number of hydrogen-bond acceptors (Lipinski definition) is 7. The van der Waals surface area contributed by atoms with Crippen molar-refractivity contribution >= 4 is 28.6 Å². The first-order chi connectivity index (χ1) is 21.3. The average molecular weight is 596 g/mol. The number of aromatic nitrogens is 5. The molecule has 2 aromatic carbocycles. The van der Waals surface area contributed by atoms with E-state index in [1.165, 1.54) is 28.8 Å². The third-order valence-electron chi connectivity index (χ3n) is 6.64. The van der Waals surface area contributed by atoms with E-state index >= 15 is 4.39 Å². The maximum atomic E-state index is 15.3. The molecule has 0 saturated carbocycles. The second-order valence-electron chi connectivity index (χ2n) is 9.52. The zero-order valence-electron chi connectivity index (χ0n) is 23.1. The molecule has 6 aromatic rings. The van der Waals surface area contributed by atoms with Crippen LogP contribution in [0.4, 0.5) is 26.0 Å². The second kappa shape index (κ2) is 11.6. The van der Waals surface area contributed by atoms with Crippen LogP contribution in [0.15, 0.2) is 107 Å². The maximum absolute atomic E-state index is 15.3. The number of halogens is 2. The Morgan fingerprint density at radius 3 is 2.45 bits per heavy atom. The molecule has 0 spiro atoms. The van der Waals surface area contributed by atoms with Crippen LogP contribution in [0, 0.1) is 11.6 Å². The molecule has 4 heterocycles. The number of carbonyl (C=O) groups excluding carboxylic acids is 1. The highest BCUT2D eigenvalue weighted by atomic mass is 19.1. The highest BCUT2D eigenvalue weighted by Crippen LogP contribution is 2.32. The Morgan fingerprint density at radius 2 is 1.73 bits per heavy atom.